The fourth-order valence-corrected chi connectivity index (χ4v) is 2.60. The molecule has 0 amide bonds. The molecule has 3 nitrogen and oxygen atoms in total. The second-order valence-corrected chi connectivity index (χ2v) is 4.33. The van der Waals surface area contributed by atoms with Crippen LogP contribution in [-0.2, 0) is 9.53 Å². The molecule has 0 saturated heterocycles. The predicted octanol–water partition coefficient (Wildman–Crippen LogP) is 2.46. The van der Waals surface area contributed by atoms with E-state index in [-0.39, 0.29) is 5.97 Å². The highest BCUT2D eigenvalue weighted by Crippen LogP contribution is 2.29. The monoisotopic (exact) mass is 235 g/mol. The minimum atomic E-state index is -0.684. The molecular weight excluding hydrogens is 222 g/mol. The standard InChI is InChI=1S/C12H13NO2S/c1-2-15-12(14)11(13)9-7-16-10-6-4-3-5-8(9)10/h3-7,11H,2,13H2,1H3. The molecule has 2 rings (SSSR count). The third kappa shape index (κ3) is 1.94. The average Bonchev–Trinajstić information content (AvgIpc) is 2.72. The molecule has 0 fully saturated rings. The quantitative estimate of drug-likeness (QED) is 0.831. The summed E-state index contributed by atoms with van der Waals surface area (Å²) in [5, 5.41) is 2.96. The molecule has 4 heteroatoms. The van der Waals surface area contributed by atoms with Gasteiger partial charge in [-0.05, 0) is 29.3 Å². The largest absolute Gasteiger partial charge is 0.465 e. The molecule has 1 aromatic carbocycles. The first kappa shape index (κ1) is 11.1. The molecular formula is C12H13NO2S. The first-order chi connectivity index (χ1) is 7.74. The number of rotatable bonds is 3. The van der Waals surface area contributed by atoms with Gasteiger partial charge in [-0.1, -0.05) is 18.2 Å². The van der Waals surface area contributed by atoms with E-state index in [0.717, 1.165) is 15.6 Å². The molecule has 0 aliphatic rings. The lowest BCUT2D eigenvalue weighted by Gasteiger charge is -2.09. The number of carbonyl (C=O) groups is 1. The molecule has 0 aliphatic heterocycles. The van der Waals surface area contributed by atoms with Gasteiger partial charge in [0.2, 0.25) is 0 Å². The maximum atomic E-state index is 11.5. The molecule has 0 saturated carbocycles. The third-order valence-electron chi connectivity index (χ3n) is 2.39. The van der Waals surface area contributed by atoms with Crippen LogP contribution in [-0.4, -0.2) is 12.6 Å². The number of nitrogens with two attached hydrogens (primary N) is 1. The molecule has 0 radical (unpaired) electrons. The molecule has 16 heavy (non-hydrogen) atoms. The zero-order valence-electron chi connectivity index (χ0n) is 8.97. The van der Waals surface area contributed by atoms with E-state index < -0.39 is 6.04 Å². The van der Waals surface area contributed by atoms with Crippen LogP contribution in [0.4, 0.5) is 0 Å². The first-order valence-electron chi connectivity index (χ1n) is 5.12. The van der Waals surface area contributed by atoms with Gasteiger partial charge in [0.25, 0.3) is 0 Å². The number of esters is 1. The number of ether oxygens (including phenoxy) is 1. The number of hydrogen-bond donors (Lipinski definition) is 1. The molecule has 1 unspecified atom stereocenters. The summed E-state index contributed by atoms with van der Waals surface area (Å²) in [6.07, 6.45) is 0. The van der Waals surface area contributed by atoms with Crippen molar-refractivity contribution >= 4 is 27.4 Å². The van der Waals surface area contributed by atoms with Gasteiger partial charge in [0.1, 0.15) is 6.04 Å². The Morgan fingerprint density at radius 3 is 3.00 bits per heavy atom. The third-order valence-corrected chi connectivity index (χ3v) is 3.37. The van der Waals surface area contributed by atoms with Gasteiger partial charge in [-0.2, -0.15) is 0 Å². The second kappa shape index (κ2) is 4.63. The summed E-state index contributed by atoms with van der Waals surface area (Å²) >= 11 is 1.59. The number of carbonyl (C=O) groups excluding carboxylic acids is 1. The summed E-state index contributed by atoms with van der Waals surface area (Å²) in [6.45, 7) is 2.13. The van der Waals surface area contributed by atoms with Crippen LogP contribution in [0.25, 0.3) is 10.1 Å². The van der Waals surface area contributed by atoms with E-state index in [1.807, 2.05) is 29.6 Å². The van der Waals surface area contributed by atoms with Gasteiger partial charge in [-0.25, -0.2) is 4.79 Å². The molecule has 2 aromatic rings. The highest BCUT2D eigenvalue weighted by atomic mass is 32.1. The van der Waals surface area contributed by atoms with E-state index in [2.05, 4.69) is 0 Å². The Morgan fingerprint density at radius 1 is 1.50 bits per heavy atom. The van der Waals surface area contributed by atoms with Gasteiger partial charge >= 0.3 is 5.97 Å². The van der Waals surface area contributed by atoms with Crippen molar-refractivity contribution in [2.75, 3.05) is 6.61 Å². The van der Waals surface area contributed by atoms with Gasteiger partial charge in [-0.15, -0.1) is 11.3 Å². The van der Waals surface area contributed by atoms with Crippen LogP contribution < -0.4 is 5.73 Å². The summed E-state index contributed by atoms with van der Waals surface area (Å²) in [7, 11) is 0. The van der Waals surface area contributed by atoms with Crippen LogP contribution in [0.3, 0.4) is 0 Å². The molecule has 0 aliphatic carbocycles. The van der Waals surface area contributed by atoms with E-state index in [9.17, 15) is 4.79 Å². The lowest BCUT2D eigenvalue weighted by molar-refractivity contribution is -0.144. The lowest BCUT2D eigenvalue weighted by atomic mass is 10.1. The van der Waals surface area contributed by atoms with Crippen molar-refractivity contribution in [3.05, 3.63) is 35.2 Å². The van der Waals surface area contributed by atoms with E-state index in [4.69, 9.17) is 10.5 Å². The maximum absolute atomic E-state index is 11.5. The van der Waals surface area contributed by atoms with Crippen molar-refractivity contribution in [1.82, 2.24) is 0 Å². The lowest BCUT2D eigenvalue weighted by Crippen LogP contribution is -2.23. The Bertz CT molecular complexity index is 506. The summed E-state index contributed by atoms with van der Waals surface area (Å²) in [5.74, 6) is -0.369. The maximum Gasteiger partial charge on any atom is 0.327 e. The normalized spacial score (nSPS) is 12.6. The molecule has 0 spiro atoms. The zero-order valence-corrected chi connectivity index (χ0v) is 9.79. The van der Waals surface area contributed by atoms with E-state index in [1.54, 1.807) is 18.3 Å². The Morgan fingerprint density at radius 2 is 2.25 bits per heavy atom. The molecule has 1 aromatic heterocycles. The van der Waals surface area contributed by atoms with Gasteiger partial charge in [0.15, 0.2) is 0 Å². The zero-order chi connectivity index (χ0) is 11.5. The smallest absolute Gasteiger partial charge is 0.327 e. The van der Waals surface area contributed by atoms with Crippen molar-refractivity contribution < 1.29 is 9.53 Å². The number of fused-ring (bicyclic) bond motifs is 1. The second-order valence-electron chi connectivity index (χ2n) is 3.42. The minimum absolute atomic E-state index is 0.356. The van der Waals surface area contributed by atoms with E-state index >= 15 is 0 Å². The topological polar surface area (TPSA) is 52.3 Å². The van der Waals surface area contributed by atoms with Crippen LogP contribution in [0.1, 0.15) is 18.5 Å². The van der Waals surface area contributed by atoms with Gasteiger partial charge in [0, 0.05) is 4.70 Å². The highest BCUT2D eigenvalue weighted by molar-refractivity contribution is 7.17. The summed E-state index contributed by atoms with van der Waals surface area (Å²) < 4.78 is 6.05. The van der Waals surface area contributed by atoms with Crippen LogP contribution in [0.5, 0.6) is 0 Å². The Hall–Kier alpha value is -1.39. The Balaban J connectivity index is 2.36. The first-order valence-corrected chi connectivity index (χ1v) is 6.00. The van der Waals surface area contributed by atoms with Crippen molar-refractivity contribution in [1.29, 1.82) is 0 Å². The average molecular weight is 235 g/mol. The summed E-state index contributed by atoms with van der Waals surface area (Å²) in [6, 6.07) is 7.22. The molecule has 1 atom stereocenters. The predicted molar refractivity (Wildman–Crippen MR) is 65.4 cm³/mol. The summed E-state index contributed by atoms with van der Waals surface area (Å²) in [4.78, 5) is 11.5. The number of hydrogen-bond acceptors (Lipinski definition) is 4. The molecule has 1 heterocycles. The number of benzene rings is 1. The van der Waals surface area contributed by atoms with Crippen molar-refractivity contribution in [2.24, 2.45) is 5.73 Å². The van der Waals surface area contributed by atoms with Crippen LogP contribution >= 0.6 is 11.3 Å². The minimum Gasteiger partial charge on any atom is -0.465 e. The van der Waals surface area contributed by atoms with E-state index in [0.29, 0.717) is 6.61 Å². The highest BCUT2D eigenvalue weighted by Gasteiger charge is 2.20. The van der Waals surface area contributed by atoms with Gasteiger partial charge < -0.3 is 10.5 Å². The molecule has 2 N–H and O–H groups in total. The van der Waals surface area contributed by atoms with Crippen LogP contribution in [0.15, 0.2) is 29.6 Å². The Labute approximate surface area is 97.8 Å². The van der Waals surface area contributed by atoms with Crippen molar-refractivity contribution in [3.63, 3.8) is 0 Å². The fourth-order valence-electron chi connectivity index (χ4n) is 1.60. The fraction of sp³-hybridized carbons (Fsp3) is 0.250. The van der Waals surface area contributed by atoms with Gasteiger partial charge in [0.05, 0.1) is 6.61 Å². The molecule has 0 bridgehead atoms. The SMILES string of the molecule is CCOC(=O)C(N)c1csc2ccccc12. The van der Waals surface area contributed by atoms with Crippen molar-refractivity contribution in [3.8, 4) is 0 Å². The van der Waals surface area contributed by atoms with Crippen LogP contribution in [0, 0.1) is 0 Å². The Kier molecular flexibility index (Phi) is 3.22. The van der Waals surface area contributed by atoms with Crippen molar-refractivity contribution in [2.45, 2.75) is 13.0 Å². The van der Waals surface area contributed by atoms with Crippen LogP contribution in [0.2, 0.25) is 0 Å². The molecule has 84 valence electrons. The summed E-state index contributed by atoms with van der Waals surface area (Å²) in [5.41, 5.74) is 6.71. The van der Waals surface area contributed by atoms with Gasteiger partial charge in [-0.3, -0.25) is 0 Å². The number of thiophene rings is 1. The van der Waals surface area contributed by atoms with E-state index in [1.165, 1.54) is 0 Å².